The lowest BCUT2D eigenvalue weighted by atomic mass is 9.81. The van der Waals surface area contributed by atoms with Crippen LogP contribution in [-0.2, 0) is 38.0 Å². The van der Waals surface area contributed by atoms with E-state index in [-0.39, 0.29) is 18.4 Å². The second-order valence-electron chi connectivity index (χ2n) is 11.0. The maximum Gasteiger partial charge on any atom is 0.314 e. The lowest BCUT2D eigenvalue weighted by molar-refractivity contribution is -0.354. The first-order valence-electron chi connectivity index (χ1n) is 13.8. The number of halogens is 1. The number of carbonyl (C=O) groups is 1. The molecule has 0 spiro atoms. The summed E-state index contributed by atoms with van der Waals surface area (Å²) in [7, 11) is 4.60. The summed E-state index contributed by atoms with van der Waals surface area (Å²) in [5.41, 5.74) is 0.992. The van der Waals surface area contributed by atoms with Crippen LogP contribution >= 0.6 is 15.9 Å². The highest BCUT2D eigenvalue weighted by molar-refractivity contribution is 9.11. The molecule has 0 aromatic carbocycles. The zero-order valence-electron chi connectivity index (χ0n) is 24.4. The first-order chi connectivity index (χ1) is 19.0. The SMILES string of the molecule is COC1C(O)[C@@H](OC)C(C)O[C@H]1OC1CC2(O)OC(C[C@H](OC)/C=C(\C)CC(/C=C/C=C/Br)OC(=O)C2C)[C@H]1C. The third-order valence-electron chi connectivity index (χ3n) is 8.20. The van der Waals surface area contributed by atoms with Gasteiger partial charge in [-0.3, -0.25) is 4.79 Å². The molecule has 3 aliphatic heterocycles. The summed E-state index contributed by atoms with van der Waals surface area (Å²) in [5, 5.41) is 22.7. The Bertz CT molecular complexity index is 924. The van der Waals surface area contributed by atoms with E-state index >= 15 is 0 Å². The Kier molecular flexibility index (Phi) is 12.4. The van der Waals surface area contributed by atoms with Crippen LogP contribution in [0.25, 0.3) is 0 Å². The fourth-order valence-electron chi connectivity index (χ4n) is 5.68. The Labute approximate surface area is 245 Å². The number of allylic oxidation sites excluding steroid dienone is 2. The van der Waals surface area contributed by atoms with E-state index in [0.29, 0.717) is 12.8 Å². The number of rotatable bonds is 7. The number of aliphatic hydroxyl groups is 2. The molecule has 2 N–H and O–H groups in total. The van der Waals surface area contributed by atoms with E-state index in [1.807, 2.05) is 19.9 Å². The second kappa shape index (κ2) is 14.8. The molecule has 8 unspecified atom stereocenters. The summed E-state index contributed by atoms with van der Waals surface area (Å²) < 4.78 is 41.4. The number of cyclic esters (lactones) is 1. The molecule has 0 amide bonds. The van der Waals surface area contributed by atoms with E-state index in [2.05, 4.69) is 15.9 Å². The van der Waals surface area contributed by atoms with Gasteiger partial charge in [0.25, 0.3) is 0 Å². The average molecular weight is 634 g/mol. The predicted octanol–water partition coefficient (Wildman–Crippen LogP) is 3.39. The van der Waals surface area contributed by atoms with E-state index in [4.69, 9.17) is 33.2 Å². The van der Waals surface area contributed by atoms with E-state index < -0.39 is 66.7 Å². The van der Waals surface area contributed by atoms with Crippen molar-refractivity contribution in [1.29, 1.82) is 0 Å². The molecular weight excluding hydrogens is 588 g/mol. The highest BCUT2D eigenvalue weighted by Crippen LogP contribution is 2.42. The van der Waals surface area contributed by atoms with Gasteiger partial charge in [0.05, 0.1) is 24.4 Å². The summed E-state index contributed by atoms with van der Waals surface area (Å²) >= 11 is 3.23. The van der Waals surface area contributed by atoms with Gasteiger partial charge in [-0.2, -0.15) is 0 Å². The van der Waals surface area contributed by atoms with Gasteiger partial charge in [-0.05, 0) is 31.8 Å². The number of aliphatic hydroxyl groups excluding tert-OH is 1. The summed E-state index contributed by atoms with van der Waals surface area (Å²) in [5.74, 6) is -3.71. The monoisotopic (exact) mass is 632 g/mol. The third-order valence-corrected chi connectivity index (χ3v) is 8.50. The molecule has 2 saturated heterocycles. The molecule has 0 aromatic rings. The predicted molar refractivity (Wildman–Crippen MR) is 150 cm³/mol. The van der Waals surface area contributed by atoms with Gasteiger partial charge in [-0.1, -0.05) is 46.7 Å². The van der Waals surface area contributed by atoms with Crippen molar-refractivity contribution in [1.82, 2.24) is 0 Å². The largest absolute Gasteiger partial charge is 0.457 e. The molecule has 40 heavy (non-hydrogen) atoms. The first-order valence-corrected chi connectivity index (χ1v) is 14.7. The van der Waals surface area contributed by atoms with Crippen LogP contribution in [0.2, 0.25) is 0 Å². The fourth-order valence-corrected chi connectivity index (χ4v) is 5.85. The molecule has 0 aromatic heterocycles. The number of hydrogen-bond donors (Lipinski definition) is 2. The topological polar surface area (TPSA) is 122 Å². The number of carbonyl (C=O) groups excluding carboxylic acids is 1. The number of ether oxygens (including phenoxy) is 7. The van der Waals surface area contributed by atoms with Crippen LogP contribution in [0.4, 0.5) is 0 Å². The zero-order chi connectivity index (χ0) is 29.6. The molecule has 228 valence electrons. The van der Waals surface area contributed by atoms with Crippen LogP contribution in [0.3, 0.4) is 0 Å². The summed E-state index contributed by atoms with van der Waals surface area (Å²) in [6.07, 6.45) is 2.45. The van der Waals surface area contributed by atoms with Crippen molar-refractivity contribution < 1.29 is 48.2 Å². The molecule has 3 heterocycles. The zero-order valence-corrected chi connectivity index (χ0v) is 26.0. The van der Waals surface area contributed by atoms with Gasteiger partial charge in [0.15, 0.2) is 12.1 Å². The highest BCUT2D eigenvalue weighted by atomic mass is 79.9. The van der Waals surface area contributed by atoms with Gasteiger partial charge in [0, 0.05) is 46.5 Å². The molecule has 0 radical (unpaired) electrons. The van der Waals surface area contributed by atoms with E-state index in [9.17, 15) is 15.0 Å². The van der Waals surface area contributed by atoms with Crippen LogP contribution in [-0.4, -0.2) is 98.4 Å². The Morgan fingerprint density at radius 1 is 1.10 bits per heavy atom. The van der Waals surface area contributed by atoms with Gasteiger partial charge >= 0.3 is 5.97 Å². The first kappa shape index (κ1) is 33.4. The van der Waals surface area contributed by atoms with Crippen molar-refractivity contribution in [3.8, 4) is 0 Å². The third kappa shape index (κ3) is 7.81. The lowest BCUT2D eigenvalue weighted by Gasteiger charge is -2.49. The van der Waals surface area contributed by atoms with E-state index in [1.54, 1.807) is 44.2 Å². The quantitative estimate of drug-likeness (QED) is 0.245. The van der Waals surface area contributed by atoms with Gasteiger partial charge in [0.2, 0.25) is 0 Å². The van der Waals surface area contributed by atoms with E-state index in [0.717, 1.165) is 5.57 Å². The van der Waals surface area contributed by atoms with Crippen LogP contribution in [0.5, 0.6) is 0 Å². The standard InChI is InChI=1S/C29H45BrO10/c1-16-12-20(10-8-9-11-30)38-27(32)18(3)29(33)15-23(17(2)22(40-29)14-21(13-16)34-5)39-28-26(36-7)24(31)25(35-6)19(4)37-28/h8-11,13,17-26,28,31,33H,12,14-15H2,1-7H3/b10-8+,11-9+,16-13+/t17-,18?,19?,20?,21-,22?,23?,24?,25+,26?,28+,29?/m1/s1. The highest BCUT2D eigenvalue weighted by Gasteiger charge is 2.53. The number of esters is 1. The maximum atomic E-state index is 13.3. The van der Waals surface area contributed by atoms with Gasteiger partial charge in [-0.15, -0.1) is 0 Å². The molecule has 0 saturated carbocycles. The van der Waals surface area contributed by atoms with Crippen molar-refractivity contribution in [3.05, 3.63) is 34.9 Å². The van der Waals surface area contributed by atoms with Crippen LogP contribution in [0, 0.1) is 11.8 Å². The van der Waals surface area contributed by atoms with Crippen LogP contribution in [0.1, 0.15) is 47.0 Å². The van der Waals surface area contributed by atoms with Crippen LogP contribution < -0.4 is 0 Å². The smallest absolute Gasteiger partial charge is 0.314 e. The molecular formula is C29H45BrO10. The molecule has 3 rings (SSSR count). The summed E-state index contributed by atoms with van der Waals surface area (Å²) in [6, 6.07) is 0. The number of hydrogen-bond acceptors (Lipinski definition) is 10. The van der Waals surface area contributed by atoms with Gasteiger partial charge < -0.3 is 43.4 Å². The number of methoxy groups -OCH3 is 3. The minimum absolute atomic E-state index is 0.0191. The molecule has 10 nitrogen and oxygen atoms in total. The number of fused-ring (bicyclic) bond motifs is 2. The normalized spacial score (nSPS) is 45.0. The Balaban J connectivity index is 1.94. The molecule has 0 aliphatic carbocycles. The van der Waals surface area contributed by atoms with Crippen molar-refractivity contribution in [2.45, 2.75) is 108 Å². The van der Waals surface area contributed by atoms with Crippen molar-refractivity contribution in [2.75, 3.05) is 21.3 Å². The Hall–Kier alpha value is -1.15. The Morgan fingerprint density at radius 3 is 2.42 bits per heavy atom. The van der Waals surface area contributed by atoms with Gasteiger partial charge in [-0.25, -0.2) is 0 Å². The second-order valence-corrected chi connectivity index (χ2v) is 11.5. The summed E-state index contributed by atoms with van der Waals surface area (Å²) in [4.78, 5) is 15.0. The molecule has 3 aliphatic rings. The van der Waals surface area contributed by atoms with Crippen molar-refractivity contribution >= 4 is 21.9 Å². The molecule has 2 bridgehead atoms. The van der Waals surface area contributed by atoms with E-state index in [1.165, 1.54) is 14.2 Å². The van der Waals surface area contributed by atoms with Crippen molar-refractivity contribution in [2.24, 2.45) is 11.8 Å². The van der Waals surface area contributed by atoms with Gasteiger partial charge in [0.1, 0.15) is 30.3 Å². The molecule has 12 atom stereocenters. The Morgan fingerprint density at radius 2 is 1.80 bits per heavy atom. The maximum absolute atomic E-state index is 13.3. The average Bonchev–Trinajstić information content (AvgIpc) is 2.90. The minimum atomic E-state index is -1.88. The molecule has 2 fully saturated rings. The summed E-state index contributed by atoms with van der Waals surface area (Å²) in [6.45, 7) is 7.32. The van der Waals surface area contributed by atoms with Crippen molar-refractivity contribution in [3.63, 3.8) is 0 Å². The lowest BCUT2D eigenvalue weighted by Crippen LogP contribution is -2.62. The minimum Gasteiger partial charge on any atom is -0.457 e. The molecule has 11 heteroatoms. The fraction of sp³-hybridized carbons (Fsp3) is 0.759. The van der Waals surface area contributed by atoms with Crippen LogP contribution in [0.15, 0.2) is 34.9 Å².